The van der Waals surface area contributed by atoms with Crippen LogP contribution in [0.5, 0.6) is 5.75 Å². The van der Waals surface area contributed by atoms with E-state index in [0.29, 0.717) is 13.2 Å². The minimum atomic E-state index is -0.0393. The number of halogens is 1. The molecule has 0 saturated carbocycles. The maximum atomic E-state index is 11.7. The third-order valence-corrected chi connectivity index (χ3v) is 4.17. The number of likely N-dealkylation sites (tertiary alicyclic amines) is 1. The molecule has 0 N–H and O–H groups in total. The van der Waals surface area contributed by atoms with E-state index in [0.717, 1.165) is 42.7 Å². The first-order valence-electron chi connectivity index (χ1n) is 7.46. The van der Waals surface area contributed by atoms with Gasteiger partial charge in [-0.15, -0.1) is 0 Å². The normalized spacial score (nSPS) is 16.7. The van der Waals surface area contributed by atoms with Crippen LogP contribution >= 0.6 is 15.9 Å². The Hall–Kier alpha value is -1.07. The lowest BCUT2D eigenvalue weighted by molar-refractivity contribution is -0.149. The van der Waals surface area contributed by atoms with Gasteiger partial charge in [0.2, 0.25) is 0 Å². The first-order chi connectivity index (χ1) is 10.2. The summed E-state index contributed by atoms with van der Waals surface area (Å²) in [6.07, 6.45) is 1.77. The topological polar surface area (TPSA) is 38.8 Å². The summed E-state index contributed by atoms with van der Waals surface area (Å²) in [5, 5.41) is 0. The number of nitrogens with zero attached hydrogens (tertiary/aromatic N) is 1. The van der Waals surface area contributed by atoms with Crippen LogP contribution in [0.1, 0.15) is 19.8 Å². The van der Waals surface area contributed by atoms with Gasteiger partial charge in [0, 0.05) is 11.0 Å². The molecule has 1 aromatic carbocycles. The zero-order valence-electron chi connectivity index (χ0n) is 12.4. The number of piperidine rings is 1. The van der Waals surface area contributed by atoms with Gasteiger partial charge in [-0.1, -0.05) is 22.0 Å². The van der Waals surface area contributed by atoms with Crippen molar-refractivity contribution in [1.29, 1.82) is 0 Å². The van der Waals surface area contributed by atoms with Crippen molar-refractivity contribution in [3.8, 4) is 5.75 Å². The Kier molecular flexibility index (Phi) is 6.51. The fraction of sp³-hybridized carbons (Fsp3) is 0.562. The second kappa shape index (κ2) is 8.39. The van der Waals surface area contributed by atoms with Gasteiger partial charge < -0.3 is 9.47 Å². The molecule has 21 heavy (non-hydrogen) atoms. The minimum Gasteiger partial charge on any atom is -0.492 e. The summed E-state index contributed by atoms with van der Waals surface area (Å²) in [5.74, 6) is 0.917. The molecule has 0 aromatic heterocycles. The molecular weight excluding hydrogens is 334 g/mol. The molecule has 0 spiro atoms. The molecule has 0 radical (unpaired) electrons. The second-order valence-corrected chi connectivity index (χ2v) is 6.09. The van der Waals surface area contributed by atoms with Crippen LogP contribution in [0.4, 0.5) is 0 Å². The van der Waals surface area contributed by atoms with Crippen LogP contribution in [-0.2, 0) is 9.53 Å². The molecule has 0 aliphatic carbocycles. The Balaban J connectivity index is 1.66. The predicted octanol–water partition coefficient (Wildman–Crippen LogP) is 3.10. The highest BCUT2D eigenvalue weighted by atomic mass is 79.9. The predicted molar refractivity (Wildman–Crippen MR) is 85.4 cm³/mol. The first-order valence-corrected chi connectivity index (χ1v) is 8.25. The van der Waals surface area contributed by atoms with Crippen molar-refractivity contribution in [2.24, 2.45) is 5.92 Å². The molecule has 0 unspecified atom stereocenters. The van der Waals surface area contributed by atoms with Crippen molar-refractivity contribution >= 4 is 21.9 Å². The lowest BCUT2D eigenvalue weighted by Gasteiger charge is -2.30. The van der Waals surface area contributed by atoms with Gasteiger partial charge in [0.15, 0.2) is 0 Å². The zero-order valence-corrected chi connectivity index (χ0v) is 14.0. The average molecular weight is 356 g/mol. The molecule has 1 aliphatic rings. The van der Waals surface area contributed by atoms with Crippen molar-refractivity contribution in [1.82, 2.24) is 4.90 Å². The quantitative estimate of drug-likeness (QED) is 0.735. The van der Waals surface area contributed by atoms with Crippen LogP contribution in [0.15, 0.2) is 28.7 Å². The Morgan fingerprint density at radius 1 is 1.38 bits per heavy atom. The molecule has 0 amide bonds. The molecule has 4 nitrogen and oxygen atoms in total. The maximum Gasteiger partial charge on any atom is 0.309 e. The molecule has 1 aliphatic heterocycles. The van der Waals surface area contributed by atoms with E-state index in [1.54, 1.807) is 0 Å². The molecule has 0 atom stereocenters. The highest BCUT2D eigenvalue weighted by Crippen LogP contribution is 2.20. The van der Waals surface area contributed by atoms with Crippen molar-refractivity contribution in [3.63, 3.8) is 0 Å². The smallest absolute Gasteiger partial charge is 0.309 e. The molecule has 5 heteroatoms. The fourth-order valence-corrected chi connectivity index (χ4v) is 2.88. The van der Waals surface area contributed by atoms with Crippen molar-refractivity contribution in [3.05, 3.63) is 28.7 Å². The largest absolute Gasteiger partial charge is 0.492 e. The van der Waals surface area contributed by atoms with E-state index < -0.39 is 0 Å². The summed E-state index contributed by atoms with van der Waals surface area (Å²) in [4.78, 5) is 14.0. The summed E-state index contributed by atoms with van der Waals surface area (Å²) in [6, 6.07) is 7.86. The van der Waals surface area contributed by atoms with Crippen LogP contribution in [0.3, 0.4) is 0 Å². The number of hydrogen-bond donors (Lipinski definition) is 0. The Labute approximate surface area is 134 Å². The number of hydrogen-bond acceptors (Lipinski definition) is 4. The van der Waals surface area contributed by atoms with E-state index >= 15 is 0 Å². The molecule has 2 rings (SSSR count). The van der Waals surface area contributed by atoms with E-state index in [9.17, 15) is 4.79 Å². The van der Waals surface area contributed by atoms with E-state index in [1.807, 2.05) is 31.2 Å². The van der Waals surface area contributed by atoms with Gasteiger partial charge in [0.1, 0.15) is 12.4 Å². The van der Waals surface area contributed by atoms with Crippen LogP contribution in [0.25, 0.3) is 0 Å². The van der Waals surface area contributed by atoms with Crippen LogP contribution in [-0.4, -0.2) is 43.7 Å². The van der Waals surface area contributed by atoms with Crippen LogP contribution < -0.4 is 4.74 Å². The summed E-state index contributed by atoms with van der Waals surface area (Å²) in [6.45, 7) is 5.76. The Morgan fingerprint density at radius 3 is 2.81 bits per heavy atom. The average Bonchev–Trinajstić information content (AvgIpc) is 2.48. The van der Waals surface area contributed by atoms with Crippen molar-refractivity contribution in [2.45, 2.75) is 19.8 Å². The highest BCUT2D eigenvalue weighted by molar-refractivity contribution is 9.10. The Morgan fingerprint density at radius 2 is 2.14 bits per heavy atom. The van der Waals surface area contributed by atoms with Gasteiger partial charge in [0.05, 0.1) is 12.5 Å². The first kappa shape index (κ1) is 16.3. The number of rotatable bonds is 6. The number of carbonyl (C=O) groups is 1. The van der Waals surface area contributed by atoms with Gasteiger partial charge in [-0.05, 0) is 51.1 Å². The fourth-order valence-electron chi connectivity index (χ4n) is 2.50. The van der Waals surface area contributed by atoms with E-state index in [-0.39, 0.29) is 11.9 Å². The lowest BCUT2D eigenvalue weighted by Crippen LogP contribution is -2.39. The van der Waals surface area contributed by atoms with E-state index in [2.05, 4.69) is 20.8 Å². The molecule has 1 heterocycles. The number of carbonyl (C=O) groups excluding carboxylic acids is 1. The second-order valence-electron chi connectivity index (χ2n) is 5.17. The third-order valence-electron chi connectivity index (χ3n) is 3.68. The van der Waals surface area contributed by atoms with Crippen molar-refractivity contribution in [2.75, 3.05) is 32.8 Å². The molecule has 1 fully saturated rings. The van der Waals surface area contributed by atoms with Crippen LogP contribution in [0.2, 0.25) is 0 Å². The lowest BCUT2D eigenvalue weighted by atomic mass is 9.97. The zero-order chi connectivity index (χ0) is 15.1. The van der Waals surface area contributed by atoms with E-state index in [4.69, 9.17) is 9.47 Å². The van der Waals surface area contributed by atoms with Gasteiger partial charge >= 0.3 is 5.97 Å². The van der Waals surface area contributed by atoms with Crippen molar-refractivity contribution < 1.29 is 14.3 Å². The number of benzene rings is 1. The Bertz CT molecular complexity index is 459. The van der Waals surface area contributed by atoms with Gasteiger partial charge in [0.25, 0.3) is 0 Å². The van der Waals surface area contributed by atoms with Gasteiger partial charge in [-0.2, -0.15) is 0 Å². The van der Waals surface area contributed by atoms with Crippen LogP contribution in [0, 0.1) is 5.92 Å². The maximum absolute atomic E-state index is 11.7. The minimum absolute atomic E-state index is 0.0393. The number of esters is 1. The number of ether oxygens (including phenoxy) is 2. The third kappa shape index (κ3) is 5.32. The SMILES string of the molecule is CCOC(=O)C1CCN(CCOc2cccc(Br)c2)CC1. The van der Waals surface area contributed by atoms with E-state index in [1.165, 1.54) is 0 Å². The molecule has 0 bridgehead atoms. The molecular formula is C16H22BrNO3. The molecule has 116 valence electrons. The monoisotopic (exact) mass is 355 g/mol. The highest BCUT2D eigenvalue weighted by Gasteiger charge is 2.25. The summed E-state index contributed by atoms with van der Waals surface area (Å²) < 4.78 is 11.8. The summed E-state index contributed by atoms with van der Waals surface area (Å²) >= 11 is 3.43. The summed E-state index contributed by atoms with van der Waals surface area (Å²) in [7, 11) is 0. The van der Waals surface area contributed by atoms with Gasteiger partial charge in [-0.25, -0.2) is 0 Å². The summed E-state index contributed by atoms with van der Waals surface area (Å²) in [5.41, 5.74) is 0. The molecule has 1 saturated heterocycles. The molecule has 1 aromatic rings. The van der Waals surface area contributed by atoms with Gasteiger partial charge in [-0.3, -0.25) is 9.69 Å². The standard InChI is InChI=1S/C16H22BrNO3/c1-2-20-16(19)13-6-8-18(9-7-13)10-11-21-15-5-3-4-14(17)12-15/h3-5,12-13H,2,6-11H2,1H3.